The molecular weight excluding hydrogens is 432 g/mol. The maximum absolute atomic E-state index is 12.5. The summed E-state index contributed by atoms with van der Waals surface area (Å²) in [5, 5.41) is 9.41. The van der Waals surface area contributed by atoms with Crippen molar-refractivity contribution in [1.29, 1.82) is 0 Å². The molecule has 0 radical (unpaired) electrons. The third kappa shape index (κ3) is 5.72. The minimum Gasteiger partial charge on any atom is -0.368 e. The Balaban J connectivity index is 1.22. The van der Waals surface area contributed by atoms with E-state index in [1.165, 1.54) is 0 Å². The van der Waals surface area contributed by atoms with Gasteiger partial charge in [-0.05, 0) is 36.4 Å². The van der Waals surface area contributed by atoms with Gasteiger partial charge in [0.25, 0.3) is 0 Å². The van der Waals surface area contributed by atoms with Crippen LogP contribution in [0.15, 0.2) is 59.1 Å². The average molecular weight is 463 g/mol. The van der Waals surface area contributed by atoms with Gasteiger partial charge in [0.2, 0.25) is 17.6 Å². The molecule has 3 aromatic rings. The molecule has 0 aliphatic carbocycles. The first-order valence-corrected chi connectivity index (χ1v) is 11.4. The molecule has 1 saturated heterocycles. The summed E-state index contributed by atoms with van der Waals surface area (Å²) in [5.74, 6) is 0.971. The van der Waals surface area contributed by atoms with Gasteiger partial charge < -0.3 is 25.0 Å². The molecule has 1 aliphatic rings. The lowest BCUT2D eigenvalue weighted by Gasteiger charge is -2.36. The molecule has 0 spiro atoms. The fourth-order valence-corrected chi connectivity index (χ4v) is 3.64. The fraction of sp³-hybridized carbons (Fsp3) is 0.360. The minimum absolute atomic E-state index is 0.0479. The summed E-state index contributed by atoms with van der Waals surface area (Å²) in [4.78, 5) is 33.3. The van der Waals surface area contributed by atoms with E-state index >= 15 is 0 Å². The lowest BCUT2D eigenvalue weighted by Crippen LogP contribution is -2.51. The topological polar surface area (TPSA) is 104 Å². The number of benzene rings is 2. The summed E-state index contributed by atoms with van der Waals surface area (Å²) in [7, 11) is 0. The fourth-order valence-electron chi connectivity index (χ4n) is 3.64. The Morgan fingerprint density at radius 3 is 2.26 bits per heavy atom. The quantitative estimate of drug-likeness (QED) is 0.602. The number of urea groups is 1. The van der Waals surface area contributed by atoms with Gasteiger partial charge in [0, 0.05) is 48.5 Å². The minimum atomic E-state index is -0.432. The Bertz CT molecular complexity index is 1110. The molecule has 2 heterocycles. The van der Waals surface area contributed by atoms with Crippen LogP contribution in [0.1, 0.15) is 26.7 Å². The first-order chi connectivity index (χ1) is 16.3. The van der Waals surface area contributed by atoms with Crippen LogP contribution in [0.3, 0.4) is 0 Å². The molecular formula is C25H30N6O3. The predicted octanol–water partition coefficient (Wildman–Crippen LogP) is 3.50. The van der Waals surface area contributed by atoms with Gasteiger partial charge in [0.05, 0.1) is 6.54 Å². The Labute approximate surface area is 199 Å². The first-order valence-electron chi connectivity index (χ1n) is 11.4. The molecule has 9 heteroatoms. The summed E-state index contributed by atoms with van der Waals surface area (Å²) in [6.45, 7) is 8.77. The molecule has 1 aliphatic heterocycles. The van der Waals surface area contributed by atoms with Crippen LogP contribution in [0.25, 0.3) is 11.4 Å². The molecule has 0 unspecified atom stereocenters. The number of carbonyl (C=O) groups excluding carboxylic acids is 2. The van der Waals surface area contributed by atoms with Gasteiger partial charge in [0.15, 0.2) is 0 Å². The molecule has 1 fully saturated rings. The van der Waals surface area contributed by atoms with E-state index in [1.54, 1.807) is 17.0 Å². The largest absolute Gasteiger partial charge is 0.368 e. The van der Waals surface area contributed by atoms with Crippen molar-refractivity contribution < 1.29 is 14.1 Å². The lowest BCUT2D eigenvalue weighted by molar-refractivity contribution is -0.130. The van der Waals surface area contributed by atoms with Gasteiger partial charge in [0.1, 0.15) is 0 Å². The molecule has 0 saturated carbocycles. The van der Waals surface area contributed by atoms with Gasteiger partial charge in [-0.1, -0.05) is 44.1 Å². The Kier molecular flexibility index (Phi) is 6.81. The number of hydrogen-bond acceptors (Lipinski definition) is 6. The van der Waals surface area contributed by atoms with Gasteiger partial charge in [-0.25, -0.2) is 4.79 Å². The maximum Gasteiger partial charge on any atom is 0.319 e. The number of hydrogen-bond donors (Lipinski definition) is 2. The van der Waals surface area contributed by atoms with E-state index in [-0.39, 0.29) is 17.9 Å². The molecule has 178 valence electrons. The van der Waals surface area contributed by atoms with Crippen LogP contribution in [-0.4, -0.2) is 59.7 Å². The summed E-state index contributed by atoms with van der Waals surface area (Å²) in [6, 6.07) is 16.9. The molecule has 34 heavy (non-hydrogen) atoms. The van der Waals surface area contributed by atoms with Crippen molar-refractivity contribution in [2.45, 2.75) is 26.2 Å². The SMILES string of the molecule is CC(C)(C)c1nc(-c2ccc(NC(=O)NCC(=O)N3CCN(c4ccccc4)CC3)cc2)no1. The highest BCUT2D eigenvalue weighted by atomic mass is 16.5. The molecule has 4 rings (SSSR count). The molecule has 0 atom stereocenters. The molecule has 9 nitrogen and oxygen atoms in total. The average Bonchev–Trinajstić information content (AvgIpc) is 3.35. The summed E-state index contributed by atoms with van der Waals surface area (Å²) in [5.41, 5.74) is 2.32. The van der Waals surface area contributed by atoms with Crippen molar-refractivity contribution in [3.63, 3.8) is 0 Å². The van der Waals surface area contributed by atoms with Crippen LogP contribution in [0, 0.1) is 0 Å². The standard InChI is InChI=1S/C25H30N6O3/c1-25(2,3)23-28-22(29-34-23)18-9-11-19(12-10-18)27-24(33)26-17-21(32)31-15-13-30(14-16-31)20-7-5-4-6-8-20/h4-12H,13-17H2,1-3H3,(H2,26,27,33). The van der Waals surface area contributed by atoms with E-state index in [0.717, 1.165) is 24.3 Å². The summed E-state index contributed by atoms with van der Waals surface area (Å²) in [6.07, 6.45) is 0. The van der Waals surface area contributed by atoms with Gasteiger partial charge in [-0.3, -0.25) is 4.79 Å². The number of nitrogens with one attached hydrogen (secondary N) is 2. The van der Waals surface area contributed by atoms with E-state index < -0.39 is 6.03 Å². The second-order valence-electron chi connectivity index (χ2n) is 9.26. The van der Waals surface area contributed by atoms with Gasteiger partial charge in [-0.2, -0.15) is 4.98 Å². The van der Waals surface area contributed by atoms with Crippen molar-refractivity contribution in [2.75, 3.05) is 42.9 Å². The zero-order chi connectivity index (χ0) is 24.1. The van der Waals surface area contributed by atoms with Crippen LogP contribution in [0.2, 0.25) is 0 Å². The van der Waals surface area contributed by atoms with Crippen LogP contribution < -0.4 is 15.5 Å². The molecule has 2 aromatic carbocycles. The van der Waals surface area contributed by atoms with E-state index in [2.05, 4.69) is 37.8 Å². The normalized spacial score (nSPS) is 14.1. The maximum atomic E-state index is 12.5. The van der Waals surface area contributed by atoms with Crippen LogP contribution in [0.5, 0.6) is 0 Å². The zero-order valence-corrected chi connectivity index (χ0v) is 19.7. The monoisotopic (exact) mass is 462 g/mol. The van der Waals surface area contributed by atoms with Crippen molar-refractivity contribution in [1.82, 2.24) is 20.4 Å². The number of para-hydroxylation sites is 1. The van der Waals surface area contributed by atoms with Crippen molar-refractivity contribution in [3.05, 3.63) is 60.5 Å². The van der Waals surface area contributed by atoms with Crippen LogP contribution in [-0.2, 0) is 10.2 Å². The Hall–Kier alpha value is -3.88. The number of piperazine rings is 1. The molecule has 1 aromatic heterocycles. The van der Waals surface area contributed by atoms with Gasteiger partial charge in [-0.15, -0.1) is 0 Å². The number of carbonyl (C=O) groups is 2. The summed E-state index contributed by atoms with van der Waals surface area (Å²) < 4.78 is 5.33. The van der Waals surface area contributed by atoms with E-state index in [4.69, 9.17) is 4.52 Å². The predicted molar refractivity (Wildman–Crippen MR) is 131 cm³/mol. The van der Waals surface area contributed by atoms with Gasteiger partial charge >= 0.3 is 6.03 Å². The second-order valence-corrected chi connectivity index (χ2v) is 9.26. The van der Waals surface area contributed by atoms with Crippen LogP contribution >= 0.6 is 0 Å². The number of nitrogens with zero attached hydrogens (tertiary/aromatic N) is 4. The third-order valence-corrected chi connectivity index (χ3v) is 5.62. The number of aromatic nitrogens is 2. The highest BCUT2D eigenvalue weighted by Gasteiger charge is 2.23. The van der Waals surface area contributed by atoms with E-state index in [1.807, 2.05) is 51.1 Å². The highest BCUT2D eigenvalue weighted by Crippen LogP contribution is 2.24. The number of rotatable bonds is 5. The van der Waals surface area contributed by atoms with Crippen molar-refractivity contribution >= 4 is 23.3 Å². The van der Waals surface area contributed by atoms with Crippen molar-refractivity contribution in [2.24, 2.45) is 0 Å². The smallest absolute Gasteiger partial charge is 0.319 e. The Morgan fingerprint density at radius 1 is 0.971 bits per heavy atom. The molecule has 2 N–H and O–H groups in total. The first kappa shape index (κ1) is 23.3. The number of anilines is 2. The highest BCUT2D eigenvalue weighted by molar-refractivity contribution is 5.92. The molecule has 0 bridgehead atoms. The summed E-state index contributed by atoms with van der Waals surface area (Å²) >= 11 is 0. The van der Waals surface area contributed by atoms with Crippen molar-refractivity contribution in [3.8, 4) is 11.4 Å². The van der Waals surface area contributed by atoms with E-state index in [9.17, 15) is 9.59 Å². The zero-order valence-electron chi connectivity index (χ0n) is 19.7. The van der Waals surface area contributed by atoms with Crippen LogP contribution in [0.4, 0.5) is 16.2 Å². The lowest BCUT2D eigenvalue weighted by atomic mass is 9.97. The Morgan fingerprint density at radius 2 is 1.65 bits per heavy atom. The third-order valence-electron chi connectivity index (χ3n) is 5.62. The molecule has 3 amide bonds. The number of amides is 3. The van der Waals surface area contributed by atoms with E-state index in [0.29, 0.717) is 30.5 Å². The second kappa shape index (κ2) is 9.94.